The third kappa shape index (κ3) is 4.15. The summed E-state index contributed by atoms with van der Waals surface area (Å²) in [7, 11) is 2.02. The predicted molar refractivity (Wildman–Crippen MR) is 104 cm³/mol. The molecule has 2 atom stereocenters. The molecule has 5 heteroatoms. The second-order valence-corrected chi connectivity index (χ2v) is 8.07. The SMILES string of the molecule is Cc1nc(CN2C[C@@H]3CC[C@H]2CN(CCCc2ccccc2)C3)n(C)n1. The molecule has 0 radical (unpaired) electrons. The van der Waals surface area contributed by atoms with E-state index in [1.165, 1.54) is 57.4 Å². The lowest BCUT2D eigenvalue weighted by molar-refractivity contribution is 0.118. The van der Waals surface area contributed by atoms with Crippen LogP contribution in [0.1, 0.15) is 36.5 Å². The van der Waals surface area contributed by atoms with Crippen LogP contribution in [0.3, 0.4) is 0 Å². The van der Waals surface area contributed by atoms with Crippen LogP contribution in [0.4, 0.5) is 0 Å². The van der Waals surface area contributed by atoms with E-state index in [1.807, 2.05) is 18.7 Å². The first kappa shape index (κ1) is 17.7. The highest BCUT2D eigenvalue weighted by atomic mass is 15.4. The number of aromatic nitrogens is 3. The Morgan fingerprint density at radius 3 is 2.69 bits per heavy atom. The summed E-state index contributed by atoms with van der Waals surface area (Å²) in [5.41, 5.74) is 1.46. The molecule has 3 aliphatic rings. The number of rotatable bonds is 6. The third-order valence-corrected chi connectivity index (χ3v) is 5.99. The minimum Gasteiger partial charge on any atom is -0.301 e. The van der Waals surface area contributed by atoms with Gasteiger partial charge < -0.3 is 4.90 Å². The van der Waals surface area contributed by atoms with E-state index in [2.05, 4.69) is 50.2 Å². The molecule has 0 amide bonds. The van der Waals surface area contributed by atoms with Crippen molar-refractivity contribution in [2.45, 2.75) is 45.2 Å². The van der Waals surface area contributed by atoms with Crippen LogP contribution in [0.2, 0.25) is 0 Å². The zero-order valence-corrected chi connectivity index (χ0v) is 16.1. The number of piperidine rings is 1. The molecule has 3 fully saturated rings. The standard InChI is InChI=1S/C21H31N5/c1-17-22-21(24(2)23-17)16-26-14-19-10-11-20(26)15-25(13-19)12-6-9-18-7-4-3-5-8-18/h3-5,7-8,19-20H,6,9-16H2,1-2H3/t19-,20+/m1/s1. The number of benzene rings is 1. The Bertz CT molecular complexity index is 710. The molecule has 1 aromatic heterocycles. The maximum atomic E-state index is 4.62. The summed E-state index contributed by atoms with van der Waals surface area (Å²) in [6.07, 6.45) is 5.16. The van der Waals surface area contributed by atoms with E-state index in [-0.39, 0.29) is 0 Å². The molecule has 3 aliphatic heterocycles. The van der Waals surface area contributed by atoms with Crippen LogP contribution in [0.15, 0.2) is 30.3 Å². The van der Waals surface area contributed by atoms with Gasteiger partial charge in [0.25, 0.3) is 0 Å². The summed E-state index contributed by atoms with van der Waals surface area (Å²) in [6, 6.07) is 11.6. The Hall–Kier alpha value is -1.72. The van der Waals surface area contributed by atoms with Crippen molar-refractivity contribution in [1.82, 2.24) is 24.6 Å². The molecule has 0 aliphatic carbocycles. The highest BCUT2D eigenvalue weighted by Crippen LogP contribution is 2.29. The van der Waals surface area contributed by atoms with E-state index < -0.39 is 0 Å². The van der Waals surface area contributed by atoms with Crippen molar-refractivity contribution >= 4 is 0 Å². The third-order valence-electron chi connectivity index (χ3n) is 5.99. The van der Waals surface area contributed by atoms with Gasteiger partial charge in [-0.05, 0) is 50.6 Å². The summed E-state index contributed by atoms with van der Waals surface area (Å²) in [4.78, 5) is 9.99. The van der Waals surface area contributed by atoms with Gasteiger partial charge in [-0.3, -0.25) is 9.58 Å². The number of hydrogen-bond acceptors (Lipinski definition) is 4. The second-order valence-electron chi connectivity index (χ2n) is 8.07. The van der Waals surface area contributed by atoms with Gasteiger partial charge in [0.05, 0.1) is 6.54 Å². The Morgan fingerprint density at radius 2 is 1.92 bits per heavy atom. The number of aryl methyl sites for hydroxylation is 3. The average molecular weight is 354 g/mol. The summed E-state index contributed by atoms with van der Waals surface area (Å²) in [6.45, 7) is 7.83. The lowest BCUT2D eigenvalue weighted by Gasteiger charge is -2.35. The van der Waals surface area contributed by atoms with Crippen molar-refractivity contribution in [3.8, 4) is 0 Å². The molecule has 140 valence electrons. The summed E-state index contributed by atoms with van der Waals surface area (Å²) >= 11 is 0. The highest BCUT2D eigenvalue weighted by molar-refractivity contribution is 5.14. The van der Waals surface area contributed by atoms with Crippen molar-refractivity contribution in [3.63, 3.8) is 0 Å². The fraction of sp³-hybridized carbons (Fsp3) is 0.619. The molecule has 2 bridgehead atoms. The summed E-state index contributed by atoms with van der Waals surface area (Å²) in [5.74, 6) is 2.79. The molecule has 26 heavy (non-hydrogen) atoms. The highest BCUT2D eigenvalue weighted by Gasteiger charge is 2.35. The first-order valence-electron chi connectivity index (χ1n) is 10.0. The molecule has 5 nitrogen and oxygen atoms in total. The van der Waals surface area contributed by atoms with E-state index in [0.717, 1.165) is 24.1 Å². The average Bonchev–Trinajstić information content (AvgIpc) is 2.79. The molecule has 3 saturated heterocycles. The topological polar surface area (TPSA) is 37.2 Å². The molecule has 2 aromatic rings. The number of nitrogens with zero attached hydrogens (tertiary/aromatic N) is 5. The van der Waals surface area contributed by atoms with Gasteiger partial charge in [0.2, 0.25) is 0 Å². The number of hydrogen-bond donors (Lipinski definition) is 0. The van der Waals surface area contributed by atoms with Crippen molar-refractivity contribution < 1.29 is 0 Å². The zero-order valence-electron chi connectivity index (χ0n) is 16.1. The largest absolute Gasteiger partial charge is 0.301 e. The monoisotopic (exact) mass is 353 g/mol. The minimum atomic E-state index is 0.669. The molecule has 4 heterocycles. The molecule has 5 rings (SSSR count). The zero-order chi connectivity index (χ0) is 17.9. The van der Waals surface area contributed by atoms with Gasteiger partial charge in [-0.25, -0.2) is 4.98 Å². The minimum absolute atomic E-state index is 0.669. The maximum absolute atomic E-state index is 4.62. The number of fused-ring (bicyclic) bond motifs is 4. The lowest BCUT2D eigenvalue weighted by Crippen LogP contribution is -2.43. The van der Waals surface area contributed by atoms with Gasteiger partial charge in [-0.2, -0.15) is 5.10 Å². The smallest absolute Gasteiger partial charge is 0.147 e. The molecule has 0 N–H and O–H groups in total. The quantitative estimate of drug-likeness (QED) is 0.800. The Kier molecular flexibility index (Phi) is 5.36. The van der Waals surface area contributed by atoms with Crippen LogP contribution in [-0.2, 0) is 20.0 Å². The molecule has 1 aromatic carbocycles. The van der Waals surface area contributed by atoms with Crippen LogP contribution in [0.25, 0.3) is 0 Å². The van der Waals surface area contributed by atoms with E-state index in [1.54, 1.807) is 0 Å². The predicted octanol–water partition coefficient (Wildman–Crippen LogP) is 2.65. The van der Waals surface area contributed by atoms with E-state index >= 15 is 0 Å². The van der Waals surface area contributed by atoms with Crippen molar-refractivity contribution in [2.75, 3.05) is 26.2 Å². The molecular formula is C21H31N5. The Balaban J connectivity index is 1.33. The van der Waals surface area contributed by atoms with Gasteiger partial charge in [-0.1, -0.05) is 30.3 Å². The van der Waals surface area contributed by atoms with Crippen LogP contribution >= 0.6 is 0 Å². The Labute approximate surface area is 157 Å². The van der Waals surface area contributed by atoms with Crippen LogP contribution in [0, 0.1) is 12.8 Å². The summed E-state index contributed by atoms with van der Waals surface area (Å²) < 4.78 is 1.95. The van der Waals surface area contributed by atoms with Gasteiger partial charge in [0, 0.05) is 32.7 Å². The van der Waals surface area contributed by atoms with Gasteiger partial charge >= 0.3 is 0 Å². The van der Waals surface area contributed by atoms with Gasteiger partial charge in [0.1, 0.15) is 11.6 Å². The Morgan fingerprint density at radius 1 is 1.08 bits per heavy atom. The summed E-state index contributed by atoms with van der Waals surface area (Å²) in [5, 5.41) is 4.41. The molecule has 0 unspecified atom stereocenters. The van der Waals surface area contributed by atoms with Crippen LogP contribution in [0.5, 0.6) is 0 Å². The second kappa shape index (κ2) is 7.89. The fourth-order valence-corrected chi connectivity index (χ4v) is 4.68. The van der Waals surface area contributed by atoms with Crippen LogP contribution < -0.4 is 0 Å². The van der Waals surface area contributed by atoms with Crippen molar-refractivity contribution in [3.05, 3.63) is 47.5 Å². The molecule has 0 saturated carbocycles. The molecule has 0 spiro atoms. The van der Waals surface area contributed by atoms with Gasteiger partial charge in [0.15, 0.2) is 0 Å². The normalized spacial score (nSPS) is 24.1. The van der Waals surface area contributed by atoms with Crippen molar-refractivity contribution in [1.29, 1.82) is 0 Å². The van der Waals surface area contributed by atoms with E-state index in [9.17, 15) is 0 Å². The lowest BCUT2D eigenvalue weighted by atomic mass is 9.95. The van der Waals surface area contributed by atoms with Crippen LogP contribution in [-0.4, -0.2) is 56.8 Å². The fourth-order valence-electron chi connectivity index (χ4n) is 4.68. The van der Waals surface area contributed by atoms with Gasteiger partial charge in [-0.15, -0.1) is 0 Å². The van der Waals surface area contributed by atoms with E-state index in [0.29, 0.717) is 6.04 Å². The first-order valence-corrected chi connectivity index (χ1v) is 10.0. The molecular weight excluding hydrogens is 322 g/mol. The maximum Gasteiger partial charge on any atom is 0.147 e. The van der Waals surface area contributed by atoms with Crippen molar-refractivity contribution in [2.24, 2.45) is 13.0 Å². The first-order chi connectivity index (χ1) is 12.7. The van der Waals surface area contributed by atoms with E-state index in [4.69, 9.17) is 0 Å².